The highest BCUT2D eigenvalue weighted by Crippen LogP contribution is 2.30. The Hall–Kier alpha value is -5.02. The Morgan fingerprint density at radius 2 is 1.46 bits per heavy atom. The molecule has 1 aliphatic heterocycles. The first-order chi connectivity index (χ1) is 29.8. The summed E-state index contributed by atoms with van der Waals surface area (Å²) < 4.78 is 17.5. The number of aliphatic carboxylic acids is 1. The molecule has 3 N–H and O–H groups in total. The van der Waals surface area contributed by atoms with Gasteiger partial charge < -0.3 is 39.8 Å². The maximum atomic E-state index is 14.5. The van der Waals surface area contributed by atoms with E-state index in [0.717, 1.165) is 16.7 Å². The maximum Gasteiger partial charge on any atom is 0.410 e. The fourth-order valence-electron chi connectivity index (χ4n) is 8.60. The summed E-state index contributed by atoms with van der Waals surface area (Å²) in [6, 6.07) is 12.6. The summed E-state index contributed by atoms with van der Waals surface area (Å²) in [6.45, 7) is 15.4. The van der Waals surface area contributed by atoms with Crippen LogP contribution in [-0.2, 0) is 51.2 Å². The second-order valence-electron chi connectivity index (χ2n) is 17.7. The van der Waals surface area contributed by atoms with Gasteiger partial charge in [-0.2, -0.15) is 0 Å². The third-order valence-corrected chi connectivity index (χ3v) is 12.5. The van der Waals surface area contributed by atoms with Gasteiger partial charge in [-0.3, -0.25) is 24.1 Å². The molecule has 15 heteroatoms. The van der Waals surface area contributed by atoms with Gasteiger partial charge in [0.05, 0.1) is 36.6 Å². The van der Waals surface area contributed by atoms with Crippen LogP contribution in [0.4, 0.5) is 4.79 Å². The van der Waals surface area contributed by atoms with Crippen LogP contribution in [0.3, 0.4) is 0 Å². The Balaban J connectivity index is 1.76. The minimum Gasteiger partial charge on any atom is -0.480 e. The largest absolute Gasteiger partial charge is 0.480 e. The van der Waals surface area contributed by atoms with Crippen LogP contribution in [0, 0.1) is 30.6 Å². The molecule has 15 nitrogen and oxygen atoms in total. The number of carbonyl (C=O) groups excluding carboxylic acids is 5. The van der Waals surface area contributed by atoms with Crippen molar-refractivity contribution in [2.45, 2.75) is 137 Å². The van der Waals surface area contributed by atoms with Gasteiger partial charge in [0.1, 0.15) is 24.7 Å². The van der Waals surface area contributed by atoms with E-state index in [9.17, 15) is 33.9 Å². The number of hydrogen-bond donors (Lipinski definition) is 3. The average Bonchev–Trinajstić information content (AvgIpc) is 3.74. The minimum absolute atomic E-state index is 0.0418. The summed E-state index contributed by atoms with van der Waals surface area (Å²) >= 11 is 0. The van der Waals surface area contributed by atoms with E-state index in [1.807, 2.05) is 90.9 Å². The first kappa shape index (κ1) is 52.3. The van der Waals surface area contributed by atoms with Crippen molar-refractivity contribution in [1.82, 2.24) is 25.3 Å². The Morgan fingerprint density at radius 1 is 0.825 bits per heavy atom. The number of carboxylic acid groups (broad SMARTS) is 1. The van der Waals surface area contributed by atoms with E-state index in [4.69, 9.17) is 14.2 Å². The normalized spacial score (nSPS) is 17.7. The highest BCUT2D eigenvalue weighted by Gasteiger charge is 2.44. The zero-order valence-corrected chi connectivity index (χ0v) is 39.5. The van der Waals surface area contributed by atoms with Crippen molar-refractivity contribution < 1.29 is 48.1 Å². The molecule has 1 saturated heterocycles. The van der Waals surface area contributed by atoms with Gasteiger partial charge in [-0.1, -0.05) is 115 Å². The van der Waals surface area contributed by atoms with Crippen molar-refractivity contribution in [3.05, 3.63) is 71.3 Å². The van der Waals surface area contributed by atoms with Gasteiger partial charge in [0, 0.05) is 41.3 Å². The molecule has 2 aromatic rings. The second-order valence-corrected chi connectivity index (χ2v) is 17.7. The van der Waals surface area contributed by atoms with Crippen LogP contribution in [0.1, 0.15) is 90.8 Å². The van der Waals surface area contributed by atoms with Crippen molar-refractivity contribution >= 4 is 35.7 Å². The van der Waals surface area contributed by atoms with Crippen molar-refractivity contribution in [1.29, 1.82) is 0 Å². The highest BCUT2D eigenvalue weighted by molar-refractivity contribution is 5.92. The van der Waals surface area contributed by atoms with Crippen molar-refractivity contribution in [2.75, 3.05) is 34.9 Å². The SMILES string of the molecule is CC[C@H](C)C([C@@H](CC(=O)N1CCC[C@H]1[C@H](OC)[C@@H](C)C(=O)N[C@@H](Cc1ccccc1)C(=O)O)OC)N(C)C(=O)[C@@H](NC(=O)[C@H](C(C)C)N(C)C(=O)OCc1ccc(C)cc1)C(C)C. The van der Waals surface area contributed by atoms with Crippen LogP contribution in [0.5, 0.6) is 0 Å². The number of amides is 5. The number of aryl methyl sites for hydroxylation is 1. The zero-order chi connectivity index (χ0) is 47.1. The first-order valence-electron chi connectivity index (χ1n) is 22.2. The molecule has 0 aromatic heterocycles. The molecule has 9 atom stereocenters. The molecule has 3 rings (SSSR count). The lowest BCUT2D eigenvalue weighted by molar-refractivity contribution is -0.148. The third-order valence-electron chi connectivity index (χ3n) is 12.5. The van der Waals surface area contributed by atoms with Crippen LogP contribution in [0.25, 0.3) is 0 Å². The van der Waals surface area contributed by atoms with Gasteiger partial charge in [0.15, 0.2) is 0 Å². The summed E-state index contributed by atoms with van der Waals surface area (Å²) in [5, 5.41) is 15.6. The number of ether oxygens (including phenoxy) is 3. The quantitative estimate of drug-likeness (QED) is 0.130. The monoisotopic (exact) mass is 880 g/mol. The number of rotatable bonds is 23. The van der Waals surface area contributed by atoms with Gasteiger partial charge in [-0.25, -0.2) is 9.59 Å². The average molecular weight is 880 g/mol. The number of methoxy groups -OCH3 is 2. The predicted octanol–water partition coefficient (Wildman–Crippen LogP) is 5.46. The summed E-state index contributed by atoms with van der Waals surface area (Å²) in [7, 11) is 6.16. The van der Waals surface area contributed by atoms with Crippen LogP contribution >= 0.6 is 0 Å². The highest BCUT2D eigenvalue weighted by atomic mass is 16.6. The van der Waals surface area contributed by atoms with Crippen molar-refractivity contribution in [2.24, 2.45) is 23.7 Å². The van der Waals surface area contributed by atoms with Gasteiger partial charge in [-0.15, -0.1) is 0 Å². The predicted molar refractivity (Wildman–Crippen MR) is 240 cm³/mol. The van der Waals surface area contributed by atoms with Crippen LogP contribution in [0.15, 0.2) is 54.6 Å². The molecule has 1 aliphatic rings. The lowest BCUT2D eigenvalue weighted by atomic mass is 9.89. The minimum atomic E-state index is -1.16. The number of benzene rings is 2. The standard InChI is InChI=1S/C48H73N5O10/c1-13-32(7)42(51(9)46(57)40(29(2)3)50-45(56)41(30(4)5)52(10)48(60)63-28-35-23-21-31(6)22-24-35)38(61-11)27-39(54)53-25-17-20-37(53)43(62-12)33(8)44(55)49-36(47(58)59)26-34-18-15-14-16-19-34/h14-16,18-19,21-24,29-30,32-33,36-38,40-43H,13,17,20,25-28H2,1-12H3,(H,49,55)(H,50,56)(H,58,59)/t32-,33+,36-,37-,38+,40-,41-,42?,43+/m0/s1. The number of likely N-dealkylation sites (N-methyl/N-ethyl adjacent to an activating group) is 2. The van der Waals surface area contributed by atoms with E-state index in [2.05, 4.69) is 10.6 Å². The molecular formula is C48H73N5O10. The molecule has 0 spiro atoms. The van der Waals surface area contributed by atoms with E-state index in [1.165, 1.54) is 26.2 Å². The number of carboxylic acids is 1. The molecule has 0 bridgehead atoms. The number of hydrogen-bond acceptors (Lipinski definition) is 9. The fraction of sp³-hybridized carbons (Fsp3) is 0.625. The second kappa shape index (κ2) is 24.7. The molecule has 1 fully saturated rings. The molecule has 0 aliphatic carbocycles. The number of nitrogens with one attached hydrogen (secondary N) is 2. The van der Waals surface area contributed by atoms with E-state index in [-0.39, 0.29) is 49.0 Å². The third kappa shape index (κ3) is 14.2. The molecule has 5 amide bonds. The smallest absolute Gasteiger partial charge is 0.410 e. The van der Waals surface area contributed by atoms with Gasteiger partial charge >= 0.3 is 12.1 Å². The summed E-state index contributed by atoms with van der Waals surface area (Å²) in [4.78, 5) is 86.3. The summed E-state index contributed by atoms with van der Waals surface area (Å²) in [5.41, 5.74) is 2.66. The molecule has 2 aromatic carbocycles. The summed E-state index contributed by atoms with van der Waals surface area (Å²) in [6.07, 6.45) is -0.181. The van der Waals surface area contributed by atoms with Crippen LogP contribution in [0.2, 0.25) is 0 Å². The van der Waals surface area contributed by atoms with Gasteiger partial charge in [0.2, 0.25) is 23.6 Å². The number of likely N-dealkylation sites (tertiary alicyclic amines) is 1. The molecular weight excluding hydrogens is 807 g/mol. The number of carbonyl (C=O) groups is 6. The maximum absolute atomic E-state index is 14.5. The topological polar surface area (TPSA) is 184 Å². The van der Waals surface area contributed by atoms with Crippen molar-refractivity contribution in [3.8, 4) is 0 Å². The Bertz CT molecular complexity index is 1810. The fourth-order valence-corrected chi connectivity index (χ4v) is 8.60. The van der Waals surface area contributed by atoms with Crippen molar-refractivity contribution in [3.63, 3.8) is 0 Å². The molecule has 1 heterocycles. The molecule has 1 unspecified atom stereocenters. The Morgan fingerprint density at radius 3 is 2.00 bits per heavy atom. The Labute approximate surface area is 374 Å². The molecule has 63 heavy (non-hydrogen) atoms. The van der Waals surface area contributed by atoms with Crippen LogP contribution in [-0.4, -0.2) is 133 Å². The van der Waals surface area contributed by atoms with E-state index in [1.54, 1.807) is 35.9 Å². The van der Waals surface area contributed by atoms with Crippen LogP contribution < -0.4 is 10.6 Å². The summed E-state index contributed by atoms with van der Waals surface area (Å²) in [5.74, 6) is -4.31. The molecule has 0 radical (unpaired) electrons. The lowest BCUT2D eigenvalue weighted by Gasteiger charge is -2.41. The molecule has 0 saturated carbocycles. The molecule has 350 valence electrons. The van der Waals surface area contributed by atoms with E-state index < -0.39 is 72.2 Å². The Kier molecular flexibility index (Phi) is 20.5. The van der Waals surface area contributed by atoms with Gasteiger partial charge in [0.25, 0.3) is 0 Å². The zero-order valence-electron chi connectivity index (χ0n) is 39.5. The van der Waals surface area contributed by atoms with E-state index in [0.29, 0.717) is 25.8 Å². The number of nitrogens with zero attached hydrogens (tertiary/aromatic N) is 3. The first-order valence-corrected chi connectivity index (χ1v) is 22.2. The van der Waals surface area contributed by atoms with E-state index >= 15 is 0 Å². The lowest BCUT2D eigenvalue weighted by Crippen LogP contribution is -2.60. The van der Waals surface area contributed by atoms with Gasteiger partial charge in [-0.05, 0) is 48.6 Å².